The number of hydrogen-bond donors (Lipinski definition) is 2. The molecule has 0 aliphatic rings. The number of nitrogens with zero attached hydrogens (tertiary/aromatic N) is 2. The van der Waals surface area contributed by atoms with Crippen molar-refractivity contribution >= 4 is 11.8 Å². The first-order valence-electron chi connectivity index (χ1n) is 6.30. The van der Waals surface area contributed by atoms with Gasteiger partial charge in [0, 0.05) is 17.5 Å². The van der Waals surface area contributed by atoms with E-state index < -0.39 is 0 Å². The van der Waals surface area contributed by atoms with Crippen LogP contribution in [0, 0.1) is 5.82 Å². The zero-order valence-electron chi connectivity index (χ0n) is 11.6. The number of aromatic nitrogens is 3. The van der Waals surface area contributed by atoms with Gasteiger partial charge >= 0.3 is 5.69 Å². The van der Waals surface area contributed by atoms with Gasteiger partial charge < -0.3 is 5.32 Å². The third-order valence-electron chi connectivity index (χ3n) is 2.78. The van der Waals surface area contributed by atoms with Crippen molar-refractivity contribution in [2.75, 3.05) is 7.05 Å². The molecule has 0 radical (unpaired) electrons. The largest absolute Gasteiger partial charge is 0.344 e. The van der Waals surface area contributed by atoms with Crippen molar-refractivity contribution in [3.8, 4) is 0 Å². The number of H-pyrrole nitrogens is 1. The zero-order chi connectivity index (χ0) is 14.7. The van der Waals surface area contributed by atoms with E-state index in [4.69, 9.17) is 0 Å². The molecule has 5 nitrogen and oxygen atoms in total. The van der Waals surface area contributed by atoms with Gasteiger partial charge in [-0.25, -0.2) is 14.3 Å². The third kappa shape index (κ3) is 3.10. The van der Waals surface area contributed by atoms with Gasteiger partial charge in [0.25, 0.3) is 0 Å². The van der Waals surface area contributed by atoms with E-state index in [-0.39, 0.29) is 17.5 Å². The second-order valence-electron chi connectivity index (χ2n) is 4.66. The summed E-state index contributed by atoms with van der Waals surface area (Å²) in [7, 11) is 1.80. The van der Waals surface area contributed by atoms with Crippen molar-refractivity contribution < 1.29 is 4.39 Å². The summed E-state index contributed by atoms with van der Waals surface area (Å²) in [5.74, 6) is -0.275. The first-order valence-corrected chi connectivity index (χ1v) is 7.12. The standard InChI is InChI=1S/C13H17FN4OS/c1-8(2)18-12(19)16-17-13(18)20-11-5-4-10(14)6-9(11)7-15-3/h4-6,8,15H,7H2,1-3H3,(H,16,19). The van der Waals surface area contributed by atoms with E-state index in [2.05, 4.69) is 15.5 Å². The molecule has 0 fully saturated rings. The molecule has 0 aliphatic heterocycles. The molecule has 108 valence electrons. The van der Waals surface area contributed by atoms with E-state index in [0.717, 1.165) is 10.5 Å². The highest BCUT2D eigenvalue weighted by atomic mass is 32.2. The normalized spacial score (nSPS) is 11.2. The van der Waals surface area contributed by atoms with Crippen molar-refractivity contribution in [2.45, 2.75) is 36.5 Å². The summed E-state index contributed by atoms with van der Waals surface area (Å²) >= 11 is 1.35. The Morgan fingerprint density at radius 1 is 1.50 bits per heavy atom. The predicted molar refractivity (Wildman–Crippen MR) is 76.5 cm³/mol. The molecule has 0 aliphatic carbocycles. The molecule has 2 N–H and O–H groups in total. The third-order valence-corrected chi connectivity index (χ3v) is 3.87. The Bertz CT molecular complexity index is 650. The Balaban J connectivity index is 2.37. The lowest BCUT2D eigenvalue weighted by Crippen LogP contribution is -2.19. The molecule has 0 bridgehead atoms. The van der Waals surface area contributed by atoms with Crippen LogP contribution in [0.2, 0.25) is 0 Å². The Hall–Kier alpha value is -1.60. The lowest BCUT2D eigenvalue weighted by atomic mass is 10.2. The fraction of sp³-hybridized carbons (Fsp3) is 0.385. The first kappa shape index (κ1) is 14.8. The quantitative estimate of drug-likeness (QED) is 0.887. The van der Waals surface area contributed by atoms with Crippen LogP contribution in [0.3, 0.4) is 0 Å². The Kier molecular flexibility index (Phi) is 4.61. The fourth-order valence-electron chi connectivity index (χ4n) is 1.89. The number of benzene rings is 1. The fourth-order valence-corrected chi connectivity index (χ4v) is 2.97. The van der Waals surface area contributed by atoms with Crippen LogP contribution in [0.15, 0.2) is 33.0 Å². The topological polar surface area (TPSA) is 62.7 Å². The van der Waals surface area contributed by atoms with Gasteiger partial charge in [-0.3, -0.25) is 4.57 Å². The Labute approximate surface area is 120 Å². The number of rotatable bonds is 5. The van der Waals surface area contributed by atoms with E-state index in [9.17, 15) is 9.18 Å². The summed E-state index contributed by atoms with van der Waals surface area (Å²) < 4.78 is 14.9. The molecule has 0 saturated carbocycles. The Morgan fingerprint density at radius 2 is 2.25 bits per heavy atom. The number of aromatic amines is 1. The summed E-state index contributed by atoms with van der Waals surface area (Å²) in [4.78, 5) is 12.6. The number of hydrogen-bond acceptors (Lipinski definition) is 4. The van der Waals surface area contributed by atoms with Crippen LogP contribution in [-0.4, -0.2) is 21.8 Å². The van der Waals surface area contributed by atoms with E-state index >= 15 is 0 Å². The predicted octanol–water partition coefficient (Wildman–Crippen LogP) is 2.16. The summed E-state index contributed by atoms with van der Waals surface area (Å²) in [5.41, 5.74) is 0.600. The Morgan fingerprint density at radius 3 is 2.90 bits per heavy atom. The molecule has 0 saturated heterocycles. The summed E-state index contributed by atoms with van der Waals surface area (Å²) in [5, 5.41) is 10.1. The van der Waals surface area contributed by atoms with Crippen LogP contribution in [0.4, 0.5) is 4.39 Å². The van der Waals surface area contributed by atoms with Crippen LogP contribution in [-0.2, 0) is 6.54 Å². The summed E-state index contributed by atoms with van der Waals surface area (Å²) in [6.45, 7) is 4.39. The summed E-state index contributed by atoms with van der Waals surface area (Å²) in [6, 6.07) is 4.61. The van der Waals surface area contributed by atoms with Crippen LogP contribution in [0.1, 0.15) is 25.5 Å². The van der Waals surface area contributed by atoms with Gasteiger partial charge in [-0.2, -0.15) is 0 Å². The highest BCUT2D eigenvalue weighted by molar-refractivity contribution is 7.99. The summed E-state index contributed by atoms with van der Waals surface area (Å²) in [6.07, 6.45) is 0. The molecule has 20 heavy (non-hydrogen) atoms. The van der Waals surface area contributed by atoms with E-state index in [1.54, 1.807) is 17.7 Å². The van der Waals surface area contributed by atoms with Gasteiger partial charge in [0.05, 0.1) is 0 Å². The number of nitrogens with one attached hydrogen (secondary N) is 2. The maximum atomic E-state index is 13.3. The van der Waals surface area contributed by atoms with Gasteiger partial charge in [-0.1, -0.05) is 0 Å². The van der Waals surface area contributed by atoms with E-state index in [0.29, 0.717) is 11.7 Å². The molecular weight excluding hydrogens is 279 g/mol. The average molecular weight is 296 g/mol. The highest BCUT2D eigenvalue weighted by Crippen LogP contribution is 2.30. The van der Waals surface area contributed by atoms with Gasteiger partial charge in [-0.15, -0.1) is 5.10 Å². The van der Waals surface area contributed by atoms with Crippen molar-refractivity contribution in [3.63, 3.8) is 0 Å². The first-order chi connectivity index (χ1) is 9.52. The average Bonchev–Trinajstić information content (AvgIpc) is 2.74. The van der Waals surface area contributed by atoms with Crippen molar-refractivity contribution in [2.24, 2.45) is 0 Å². The lowest BCUT2D eigenvalue weighted by Gasteiger charge is -2.11. The molecule has 1 heterocycles. The smallest absolute Gasteiger partial charge is 0.316 e. The molecule has 0 spiro atoms. The molecule has 1 aromatic carbocycles. The van der Waals surface area contributed by atoms with Gasteiger partial charge in [0.2, 0.25) is 0 Å². The minimum atomic E-state index is -0.275. The molecule has 7 heteroatoms. The van der Waals surface area contributed by atoms with Crippen molar-refractivity contribution in [1.82, 2.24) is 20.1 Å². The van der Waals surface area contributed by atoms with Gasteiger partial charge in [-0.05, 0) is 56.4 Å². The molecule has 0 amide bonds. The number of halogens is 1. The SMILES string of the molecule is CNCc1cc(F)ccc1Sc1n[nH]c(=O)n1C(C)C. The van der Waals surface area contributed by atoms with Gasteiger partial charge in [0.15, 0.2) is 5.16 Å². The maximum Gasteiger partial charge on any atom is 0.344 e. The zero-order valence-corrected chi connectivity index (χ0v) is 12.4. The van der Waals surface area contributed by atoms with Crippen molar-refractivity contribution in [3.05, 3.63) is 40.1 Å². The minimum absolute atomic E-state index is 0.0111. The van der Waals surface area contributed by atoms with Crippen LogP contribution in [0.5, 0.6) is 0 Å². The molecular formula is C13H17FN4OS. The van der Waals surface area contributed by atoms with E-state index in [1.165, 1.54) is 23.9 Å². The molecule has 0 atom stereocenters. The van der Waals surface area contributed by atoms with Gasteiger partial charge in [0.1, 0.15) is 5.82 Å². The molecule has 0 unspecified atom stereocenters. The molecule has 2 aromatic rings. The lowest BCUT2D eigenvalue weighted by molar-refractivity contribution is 0.534. The van der Waals surface area contributed by atoms with Crippen molar-refractivity contribution in [1.29, 1.82) is 0 Å². The second-order valence-corrected chi connectivity index (χ2v) is 5.67. The molecule has 2 rings (SSSR count). The monoisotopic (exact) mass is 296 g/mol. The molecule has 1 aromatic heterocycles. The van der Waals surface area contributed by atoms with Crippen LogP contribution >= 0.6 is 11.8 Å². The second kappa shape index (κ2) is 6.23. The highest BCUT2D eigenvalue weighted by Gasteiger charge is 2.14. The van der Waals surface area contributed by atoms with Crippen LogP contribution < -0.4 is 11.0 Å². The minimum Gasteiger partial charge on any atom is -0.316 e. The van der Waals surface area contributed by atoms with E-state index in [1.807, 2.05) is 13.8 Å². The van der Waals surface area contributed by atoms with Crippen LogP contribution in [0.25, 0.3) is 0 Å². The maximum absolute atomic E-state index is 13.3.